The average Bonchev–Trinajstić information content (AvgIpc) is 2.55. The van der Waals surface area contributed by atoms with Gasteiger partial charge in [0.2, 0.25) is 5.75 Å². The molecule has 0 fully saturated rings. The molecule has 0 aliphatic carbocycles. The smallest absolute Gasteiger partial charge is 0.255 e. The molecule has 0 bridgehead atoms. The number of benzene rings is 2. The highest BCUT2D eigenvalue weighted by Gasteiger charge is 2.17. The Morgan fingerprint density at radius 1 is 1.04 bits per heavy atom. The minimum absolute atomic E-state index is 0.327. The van der Waals surface area contributed by atoms with Crippen LogP contribution in [0.25, 0.3) is 0 Å². The van der Waals surface area contributed by atoms with Crippen molar-refractivity contribution in [1.29, 1.82) is 0 Å². The van der Waals surface area contributed by atoms with Gasteiger partial charge in [-0.05, 0) is 52.9 Å². The Balaban J connectivity index is 2.35. The minimum Gasteiger partial charge on any atom is -0.493 e. The maximum absolute atomic E-state index is 12.5. The van der Waals surface area contributed by atoms with Crippen LogP contribution in [0.2, 0.25) is 5.02 Å². The van der Waals surface area contributed by atoms with Crippen molar-refractivity contribution in [2.45, 2.75) is 0 Å². The van der Waals surface area contributed by atoms with Gasteiger partial charge in [0.15, 0.2) is 11.5 Å². The largest absolute Gasteiger partial charge is 0.493 e. The first-order valence-corrected chi connectivity index (χ1v) is 8.02. The number of carbonyl (C=O) groups is 1. The fourth-order valence-electron chi connectivity index (χ4n) is 2.00. The van der Waals surface area contributed by atoms with Crippen molar-refractivity contribution in [3.63, 3.8) is 0 Å². The molecule has 0 radical (unpaired) electrons. The summed E-state index contributed by atoms with van der Waals surface area (Å²) in [5.41, 5.74) is 0.903. The van der Waals surface area contributed by atoms with E-state index in [1.54, 1.807) is 24.3 Å². The van der Waals surface area contributed by atoms with E-state index in [1.165, 1.54) is 21.3 Å². The molecular formula is C16H15ClINO4. The van der Waals surface area contributed by atoms with Gasteiger partial charge in [-0.25, -0.2) is 0 Å². The third kappa shape index (κ3) is 4.00. The molecule has 7 heteroatoms. The van der Waals surface area contributed by atoms with Crippen LogP contribution in [0.15, 0.2) is 30.3 Å². The molecule has 5 nitrogen and oxygen atoms in total. The topological polar surface area (TPSA) is 56.8 Å². The molecule has 1 N–H and O–H groups in total. The monoisotopic (exact) mass is 447 g/mol. The quantitative estimate of drug-likeness (QED) is 0.697. The second-order valence-electron chi connectivity index (χ2n) is 4.49. The zero-order valence-electron chi connectivity index (χ0n) is 12.8. The zero-order chi connectivity index (χ0) is 17.0. The number of halogens is 2. The van der Waals surface area contributed by atoms with Crippen LogP contribution >= 0.6 is 34.2 Å². The van der Waals surface area contributed by atoms with Gasteiger partial charge < -0.3 is 19.5 Å². The Morgan fingerprint density at radius 3 is 2.13 bits per heavy atom. The van der Waals surface area contributed by atoms with Crippen LogP contribution in [0.4, 0.5) is 5.69 Å². The van der Waals surface area contributed by atoms with Crippen LogP contribution in [0.1, 0.15) is 10.4 Å². The molecular weight excluding hydrogens is 433 g/mol. The van der Waals surface area contributed by atoms with E-state index in [0.29, 0.717) is 33.5 Å². The lowest BCUT2D eigenvalue weighted by Crippen LogP contribution is -2.13. The summed E-state index contributed by atoms with van der Waals surface area (Å²) in [5.74, 6) is 0.919. The first kappa shape index (κ1) is 17.7. The fraction of sp³-hybridized carbons (Fsp3) is 0.188. The molecule has 122 valence electrons. The summed E-state index contributed by atoms with van der Waals surface area (Å²) in [6.07, 6.45) is 0. The third-order valence-electron chi connectivity index (χ3n) is 3.11. The Labute approximate surface area is 153 Å². The van der Waals surface area contributed by atoms with Crippen LogP contribution in [0.3, 0.4) is 0 Å². The summed E-state index contributed by atoms with van der Waals surface area (Å²) in [4.78, 5) is 12.5. The van der Waals surface area contributed by atoms with Gasteiger partial charge in [-0.1, -0.05) is 11.6 Å². The van der Waals surface area contributed by atoms with Crippen molar-refractivity contribution >= 4 is 45.8 Å². The summed E-state index contributed by atoms with van der Waals surface area (Å²) < 4.78 is 16.7. The molecule has 1 amide bonds. The van der Waals surface area contributed by atoms with Gasteiger partial charge in [-0.3, -0.25) is 4.79 Å². The van der Waals surface area contributed by atoms with Crippen molar-refractivity contribution in [2.24, 2.45) is 0 Å². The number of rotatable bonds is 5. The van der Waals surface area contributed by atoms with Gasteiger partial charge in [-0.15, -0.1) is 0 Å². The molecule has 0 heterocycles. The van der Waals surface area contributed by atoms with Crippen molar-refractivity contribution in [3.05, 3.63) is 44.5 Å². The molecule has 23 heavy (non-hydrogen) atoms. The van der Waals surface area contributed by atoms with Crippen molar-refractivity contribution in [2.75, 3.05) is 26.6 Å². The number of anilines is 1. The van der Waals surface area contributed by atoms with Crippen molar-refractivity contribution < 1.29 is 19.0 Å². The number of amides is 1. The number of carbonyl (C=O) groups excluding carboxylic acids is 1. The molecule has 0 unspecified atom stereocenters. The number of ether oxygens (including phenoxy) is 3. The van der Waals surface area contributed by atoms with Crippen LogP contribution in [0, 0.1) is 3.57 Å². The number of methoxy groups -OCH3 is 3. The molecule has 0 aliphatic heterocycles. The Morgan fingerprint density at radius 2 is 1.65 bits per heavy atom. The van der Waals surface area contributed by atoms with Crippen LogP contribution < -0.4 is 19.5 Å². The van der Waals surface area contributed by atoms with E-state index in [-0.39, 0.29) is 5.91 Å². The molecule has 2 aromatic rings. The minimum atomic E-state index is -0.327. The van der Waals surface area contributed by atoms with Gasteiger partial charge in [0.25, 0.3) is 5.91 Å². The second kappa shape index (κ2) is 7.74. The highest BCUT2D eigenvalue weighted by atomic mass is 127. The molecule has 0 saturated carbocycles. The maximum atomic E-state index is 12.5. The first-order valence-electron chi connectivity index (χ1n) is 6.56. The van der Waals surface area contributed by atoms with Crippen LogP contribution in [-0.4, -0.2) is 27.2 Å². The summed E-state index contributed by atoms with van der Waals surface area (Å²) in [6.45, 7) is 0. The lowest BCUT2D eigenvalue weighted by molar-refractivity contribution is 0.102. The van der Waals surface area contributed by atoms with Crippen molar-refractivity contribution in [1.82, 2.24) is 0 Å². The van der Waals surface area contributed by atoms with Crippen molar-refractivity contribution in [3.8, 4) is 17.2 Å². The molecule has 0 aromatic heterocycles. The maximum Gasteiger partial charge on any atom is 0.255 e. The average molecular weight is 448 g/mol. The van der Waals surface area contributed by atoms with E-state index in [9.17, 15) is 4.79 Å². The normalized spacial score (nSPS) is 10.1. The summed E-state index contributed by atoms with van der Waals surface area (Å²) in [5, 5.41) is 3.24. The highest BCUT2D eigenvalue weighted by molar-refractivity contribution is 14.1. The molecule has 2 aromatic carbocycles. The predicted molar refractivity (Wildman–Crippen MR) is 98.2 cm³/mol. The van der Waals surface area contributed by atoms with Gasteiger partial charge in [0.05, 0.1) is 32.0 Å². The predicted octanol–water partition coefficient (Wildman–Crippen LogP) is 4.22. The Bertz CT molecular complexity index is 711. The summed E-state index contributed by atoms with van der Waals surface area (Å²) in [7, 11) is 4.50. The van der Waals surface area contributed by atoms with E-state index in [4.69, 9.17) is 25.8 Å². The van der Waals surface area contributed by atoms with Gasteiger partial charge >= 0.3 is 0 Å². The molecule has 0 aliphatic rings. The van der Waals surface area contributed by atoms with E-state index in [2.05, 4.69) is 27.9 Å². The summed E-state index contributed by atoms with van der Waals surface area (Å²) in [6, 6.07) is 8.54. The summed E-state index contributed by atoms with van der Waals surface area (Å²) >= 11 is 8.29. The number of nitrogens with one attached hydrogen (secondary N) is 1. The highest BCUT2D eigenvalue weighted by Crippen LogP contribution is 2.38. The molecule has 2 rings (SSSR count). The standard InChI is InChI=1S/C16H15ClINO4/c1-21-13-6-9(7-14(22-2)15(13)23-3)16(20)19-12-5-4-10(18)8-11(12)17/h4-8H,1-3H3,(H,19,20). The molecule has 0 saturated heterocycles. The van der Waals surface area contributed by atoms with E-state index in [1.807, 2.05) is 6.07 Å². The first-order chi connectivity index (χ1) is 11.0. The second-order valence-corrected chi connectivity index (χ2v) is 6.15. The van der Waals surface area contributed by atoms with Gasteiger partial charge in [0.1, 0.15) is 0 Å². The molecule has 0 spiro atoms. The number of hydrogen-bond acceptors (Lipinski definition) is 4. The lowest BCUT2D eigenvalue weighted by Gasteiger charge is -2.14. The zero-order valence-corrected chi connectivity index (χ0v) is 15.7. The SMILES string of the molecule is COc1cc(C(=O)Nc2ccc(I)cc2Cl)cc(OC)c1OC. The van der Waals surface area contributed by atoms with Crippen LogP contribution in [0.5, 0.6) is 17.2 Å². The molecule has 0 atom stereocenters. The number of hydrogen-bond donors (Lipinski definition) is 1. The van der Waals surface area contributed by atoms with Gasteiger partial charge in [-0.2, -0.15) is 0 Å². The Hall–Kier alpha value is -1.67. The fourth-order valence-corrected chi connectivity index (χ4v) is 2.90. The third-order valence-corrected chi connectivity index (χ3v) is 4.09. The van der Waals surface area contributed by atoms with E-state index >= 15 is 0 Å². The Kier molecular flexibility index (Phi) is 5.95. The van der Waals surface area contributed by atoms with E-state index < -0.39 is 0 Å². The van der Waals surface area contributed by atoms with Gasteiger partial charge in [0, 0.05) is 9.13 Å². The van der Waals surface area contributed by atoms with E-state index in [0.717, 1.165) is 3.57 Å². The lowest BCUT2D eigenvalue weighted by atomic mass is 10.1. The van der Waals surface area contributed by atoms with Crippen LogP contribution in [-0.2, 0) is 0 Å².